The lowest BCUT2D eigenvalue weighted by molar-refractivity contribution is -0.133. The Balaban J connectivity index is 2.19. The number of methoxy groups -OCH3 is 2. The van der Waals surface area contributed by atoms with Crippen LogP contribution in [0.3, 0.4) is 0 Å². The van der Waals surface area contributed by atoms with Gasteiger partial charge in [-0.05, 0) is 48.1 Å². The van der Waals surface area contributed by atoms with Crippen LogP contribution in [-0.4, -0.2) is 62.7 Å². The molecule has 1 aliphatic rings. The molecule has 0 saturated carbocycles. The molecule has 32 heavy (non-hydrogen) atoms. The number of amides is 2. The number of fused-ring (bicyclic) bond motifs is 1. The molecule has 7 heteroatoms. The average Bonchev–Trinajstić information content (AvgIpc) is 2.83. The smallest absolute Gasteiger partial charge is 0.254 e. The van der Waals surface area contributed by atoms with Gasteiger partial charge in [-0.3, -0.25) is 9.59 Å². The molecule has 0 spiro atoms. The number of hydrogen-bond acceptors (Lipinski definition) is 5. The van der Waals surface area contributed by atoms with Crippen LogP contribution in [-0.2, 0) is 4.79 Å². The van der Waals surface area contributed by atoms with E-state index in [1.54, 1.807) is 55.0 Å². The van der Waals surface area contributed by atoms with Crippen LogP contribution in [0.5, 0.6) is 11.5 Å². The minimum atomic E-state index is -0.547. The van der Waals surface area contributed by atoms with E-state index in [0.717, 1.165) is 23.3 Å². The molecule has 2 amide bonds. The molecule has 1 heterocycles. The van der Waals surface area contributed by atoms with E-state index in [9.17, 15) is 9.59 Å². The number of likely N-dealkylation sites (N-methyl/N-ethyl adjacent to an activating group) is 2. The number of benzene rings is 2. The fourth-order valence-corrected chi connectivity index (χ4v) is 4.68. The minimum Gasteiger partial charge on any atom is -0.493 e. The summed E-state index contributed by atoms with van der Waals surface area (Å²) in [5, 5.41) is 0. The molecule has 0 radical (unpaired) electrons. The summed E-state index contributed by atoms with van der Waals surface area (Å²) in [6.07, 6.45) is 3.95. The summed E-state index contributed by atoms with van der Waals surface area (Å²) in [6, 6.07) is 11.2. The van der Waals surface area contributed by atoms with Gasteiger partial charge in [0.15, 0.2) is 11.5 Å². The van der Waals surface area contributed by atoms with Crippen LogP contribution in [0.2, 0.25) is 0 Å². The van der Waals surface area contributed by atoms with Crippen LogP contribution in [0.1, 0.15) is 53.2 Å². The highest BCUT2D eigenvalue weighted by atomic mass is 32.2. The number of thioether (sulfide) groups is 1. The summed E-state index contributed by atoms with van der Waals surface area (Å²) in [5.41, 5.74) is 2.09. The fourth-order valence-electron chi connectivity index (χ4n) is 4.28. The van der Waals surface area contributed by atoms with Gasteiger partial charge in [0.1, 0.15) is 0 Å². The molecular formula is C25H32N2O4S. The van der Waals surface area contributed by atoms with Crippen molar-refractivity contribution in [2.75, 3.05) is 41.1 Å². The minimum absolute atomic E-state index is 0.00906. The lowest BCUT2D eigenvalue weighted by atomic mass is 9.79. The van der Waals surface area contributed by atoms with Gasteiger partial charge in [0.25, 0.3) is 5.91 Å². The van der Waals surface area contributed by atoms with Crippen molar-refractivity contribution in [2.24, 2.45) is 0 Å². The molecule has 0 unspecified atom stereocenters. The molecular weight excluding hydrogens is 424 g/mol. The zero-order valence-electron chi connectivity index (χ0n) is 19.7. The van der Waals surface area contributed by atoms with Gasteiger partial charge in [-0.25, -0.2) is 0 Å². The molecule has 3 rings (SSSR count). The number of ether oxygens (including phenoxy) is 2. The van der Waals surface area contributed by atoms with Gasteiger partial charge in [0.05, 0.1) is 26.2 Å². The third-order valence-corrected chi connectivity index (χ3v) is 6.86. The number of rotatable bonds is 8. The normalized spacial score (nSPS) is 17.7. The first-order valence-corrected chi connectivity index (χ1v) is 12.0. The molecule has 2 atom stereocenters. The third-order valence-electron chi connectivity index (χ3n) is 6.12. The van der Waals surface area contributed by atoms with Gasteiger partial charge >= 0.3 is 0 Å². The average molecular weight is 457 g/mol. The van der Waals surface area contributed by atoms with Crippen molar-refractivity contribution in [1.29, 1.82) is 0 Å². The summed E-state index contributed by atoms with van der Waals surface area (Å²) in [7, 11) is 6.70. The van der Waals surface area contributed by atoms with Gasteiger partial charge in [0.2, 0.25) is 5.91 Å². The van der Waals surface area contributed by atoms with Crippen LogP contribution >= 0.6 is 11.8 Å². The van der Waals surface area contributed by atoms with E-state index < -0.39 is 12.0 Å². The Hall–Kier alpha value is -2.67. The summed E-state index contributed by atoms with van der Waals surface area (Å²) >= 11 is 1.66. The van der Waals surface area contributed by atoms with Gasteiger partial charge < -0.3 is 19.3 Å². The van der Waals surface area contributed by atoms with Crippen LogP contribution < -0.4 is 9.47 Å². The Bertz CT molecular complexity index is 977. The predicted octanol–water partition coefficient (Wildman–Crippen LogP) is 4.59. The summed E-state index contributed by atoms with van der Waals surface area (Å²) < 4.78 is 10.9. The number of nitrogens with zero attached hydrogens (tertiary/aromatic N) is 2. The number of unbranched alkanes of at least 4 members (excludes halogenated alkanes) is 1. The molecule has 0 bridgehead atoms. The van der Waals surface area contributed by atoms with Gasteiger partial charge in [-0.1, -0.05) is 25.5 Å². The van der Waals surface area contributed by atoms with Crippen LogP contribution in [0.15, 0.2) is 41.3 Å². The Labute approximate surface area is 194 Å². The van der Waals surface area contributed by atoms with E-state index in [-0.39, 0.29) is 11.8 Å². The molecule has 0 N–H and O–H groups in total. The second-order valence-electron chi connectivity index (χ2n) is 8.02. The highest BCUT2D eigenvalue weighted by Gasteiger charge is 2.44. The monoisotopic (exact) mass is 456 g/mol. The Morgan fingerprint density at radius 2 is 1.75 bits per heavy atom. The molecule has 2 aromatic rings. The maximum absolute atomic E-state index is 13.8. The lowest BCUT2D eigenvalue weighted by Crippen LogP contribution is -2.46. The van der Waals surface area contributed by atoms with Crippen LogP contribution in [0.25, 0.3) is 0 Å². The van der Waals surface area contributed by atoms with E-state index in [1.807, 2.05) is 37.6 Å². The van der Waals surface area contributed by atoms with Crippen molar-refractivity contribution in [3.05, 3.63) is 53.1 Å². The first-order chi connectivity index (χ1) is 15.4. The number of carbonyl (C=O) groups is 2. The summed E-state index contributed by atoms with van der Waals surface area (Å²) in [4.78, 5) is 31.8. The molecule has 0 aliphatic carbocycles. The van der Waals surface area contributed by atoms with Crippen molar-refractivity contribution in [3.63, 3.8) is 0 Å². The maximum Gasteiger partial charge on any atom is 0.254 e. The first-order valence-electron chi connectivity index (χ1n) is 10.8. The van der Waals surface area contributed by atoms with Gasteiger partial charge in [0, 0.05) is 31.1 Å². The topological polar surface area (TPSA) is 59.1 Å². The molecule has 0 aromatic heterocycles. The molecule has 6 nitrogen and oxygen atoms in total. The number of carbonyl (C=O) groups excluding carboxylic acids is 2. The van der Waals surface area contributed by atoms with Crippen molar-refractivity contribution in [2.45, 2.75) is 36.6 Å². The zero-order chi connectivity index (χ0) is 23.4. The van der Waals surface area contributed by atoms with Crippen molar-refractivity contribution < 1.29 is 19.1 Å². The quantitative estimate of drug-likeness (QED) is 0.544. The molecule has 2 aromatic carbocycles. The summed E-state index contributed by atoms with van der Waals surface area (Å²) in [6.45, 7) is 2.78. The van der Waals surface area contributed by atoms with Crippen molar-refractivity contribution >= 4 is 23.6 Å². The van der Waals surface area contributed by atoms with Gasteiger partial charge in [-0.2, -0.15) is 0 Å². The third kappa shape index (κ3) is 4.44. The van der Waals surface area contributed by atoms with Crippen LogP contribution in [0, 0.1) is 0 Å². The SMILES string of the molecule is CCCCN(C)C(=O)[C@@H]1c2cc(OC)c(OC)cc2C(=O)N(C)[C@H]1c1ccc(SC)cc1. The number of hydrogen-bond donors (Lipinski definition) is 0. The summed E-state index contributed by atoms with van der Waals surface area (Å²) in [5.74, 6) is 0.287. The second-order valence-corrected chi connectivity index (χ2v) is 8.90. The predicted molar refractivity (Wildman–Crippen MR) is 128 cm³/mol. The lowest BCUT2D eigenvalue weighted by Gasteiger charge is -2.41. The van der Waals surface area contributed by atoms with E-state index in [4.69, 9.17) is 9.47 Å². The van der Waals surface area contributed by atoms with Gasteiger partial charge in [-0.15, -0.1) is 11.8 Å². The maximum atomic E-state index is 13.8. The largest absolute Gasteiger partial charge is 0.493 e. The van der Waals surface area contributed by atoms with E-state index in [0.29, 0.717) is 29.2 Å². The van der Waals surface area contributed by atoms with Crippen LogP contribution in [0.4, 0.5) is 0 Å². The first kappa shape index (κ1) is 24.0. The Morgan fingerprint density at radius 3 is 2.31 bits per heavy atom. The fraction of sp³-hybridized carbons (Fsp3) is 0.440. The highest BCUT2D eigenvalue weighted by Crippen LogP contribution is 2.46. The van der Waals surface area contributed by atoms with Crippen molar-refractivity contribution in [1.82, 2.24) is 9.80 Å². The molecule has 0 fully saturated rings. The van der Waals surface area contributed by atoms with E-state index >= 15 is 0 Å². The Kier molecular flexibility index (Phi) is 7.72. The second kappa shape index (κ2) is 10.3. The van der Waals surface area contributed by atoms with E-state index in [2.05, 4.69) is 6.92 Å². The standard InChI is InChI=1S/C25H32N2O4S/c1-7-8-13-26(2)25(29)22-18-14-20(30-4)21(31-5)15-19(18)24(28)27(3)23(22)16-9-11-17(32-6)12-10-16/h9-12,14-15,22-23H,7-8,13H2,1-6H3/t22-,23+/m1/s1. The Morgan fingerprint density at radius 1 is 1.12 bits per heavy atom. The molecule has 172 valence electrons. The molecule has 1 aliphatic heterocycles. The highest BCUT2D eigenvalue weighted by molar-refractivity contribution is 7.98. The van der Waals surface area contributed by atoms with Crippen molar-refractivity contribution in [3.8, 4) is 11.5 Å². The van der Waals surface area contributed by atoms with E-state index in [1.165, 1.54) is 0 Å². The zero-order valence-corrected chi connectivity index (χ0v) is 20.5. The molecule has 0 saturated heterocycles.